The average molecular weight is 308 g/mol. The van der Waals surface area contributed by atoms with E-state index < -0.39 is 29.7 Å². The molecule has 0 aromatic heterocycles. The average Bonchev–Trinajstić information content (AvgIpc) is 2.29. The molecule has 0 aromatic rings. The van der Waals surface area contributed by atoms with E-state index in [0.717, 1.165) is 38.2 Å². The van der Waals surface area contributed by atoms with Gasteiger partial charge in [0.25, 0.3) is 0 Å². The lowest BCUT2D eigenvalue weighted by Gasteiger charge is -2.67. The highest BCUT2D eigenvalue weighted by molar-refractivity contribution is 5.83. The van der Waals surface area contributed by atoms with Crippen LogP contribution < -0.4 is 0 Å². The van der Waals surface area contributed by atoms with E-state index in [1.807, 2.05) is 0 Å². The summed E-state index contributed by atoms with van der Waals surface area (Å²) in [7, 11) is 0. The lowest BCUT2D eigenvalue weighted by Crippen LogP contribution is -2.66. The van der Waals surface area contributed by atoms with Crippen LogP contribution in [0.4, 0.5) is 0 Å². The minimum Gasteiger partial charge on any atom is -0.456 e. The first-order valence-corrected chi connectivity index (χ1v) is 7.83. The molecule has 1 N–H and O–H groups in total. The fourth-order valence-electron chi connectivity index (χ4n) is 6.09. The van der Waals surface area contributed by atoms with E-state index >= 15 is 0 Å². The molecule has 0 saturated heterocycles. The summed E-state index contributed by atoms with van der Waals surface area (Å²) >= 11 is 0. The van der Waals surface area contributed by atoms with Gasteiger partial charge in [0.15, 0.2) is 6.61 Å². The largest absolute Gasteiger partial charge is 0.456 e. The van der Waals surface area contributed by atoms with Crippen LogP contribution in [0.2, 0.25) is 0 Å². The highest BCUT2D eigenvalue weighted by atomic mass is 16.6. The Bertz CT molecular complexity index is 484. The molecule has 4 aliphatic rings. The normalized spacial score (nSPS) is 45.4. The van der Waals surface area contributed by atoms with Gasteiger partial charge in [-0.1, -0.05) is 20.4 Å². The van der Waals surface area contributed by atoms with Gasteiger partial charge in [-0.3, -0.25) is 0 Å². The SMILES string of the molecule is C=CC(=O)OCC(=O)OC12CC3(C)CC(C)(CC(O)(C3)C1)C2. The van der Waals surface area contributed by atoms with E-state index in [9.17, 15) is 14.7 Å². The van der Waals surface area contributed by atoms with Crippen LogP contribution >= 0.6 is 0 Å². The monoisotopic (exact) mass is 308 g/mol. The molecule has 0 radical (unpaired) electrons. The van der Waals surface area contributed by atoms with Gasteiger partial charge in [-0.05, 0) is 42.9 Å². The summed E-state index contributed by atoms with van der Waals surface area (Å²) in [5.41, 5.74) is -1.34. The lowest BCUT2D eigenvalue weighted by atomic mass is 9.42. The third kappa shape index (κ3) is 2.67. The second-order valence-electron chi connectivity index (χ2n) is 8.38. The molecule has 0 amide bonds. The number of carbonyl (C=O) groups is 2. The molecular formula is C17H24O5. The van der Waals surface area contributed by atoms with Crippen LogP contribution in [-0.4, -0.2) is 34.9 Å². The summed E-state index contributed by atoms with van der Waals surface area (Å²) in [5.74, 6) is -1.19. The van der Waals surface area contributed by atoms with Crippen molar-refractivity contribution in [1.29, 1.82) is 0 Å². The Hall–Kier alpha value is -1.36. The van der Waals surface area contributed by atoms with Gasteiger partial charge in [-0.15, -0.1) is 0 Å². The fraction of sp³-hybridized carbons (Fsp3) is 0.765. The van der Waals surface area contributed by atoms with Gasteiger partial charge in [0.05, 0.1) is 5.60 Å². The van der Waals surface area contributed by atoms with Crippen LogP contribution in [0, 0.1) is 10.8 Å². The molecule has 0 heterocycles. The maximum atomic E-state index is 12.0. The van der Waals surface area contributed by atoms with Gasteiger partial charge >= 0.3 is 11.9 Å². The van der Waals surface area contributed by atoms with Gasteiger partial charge in [-0.2, -0.15) is 0 Å². The van der Waals surface area contributed by atoms with E-state index in [1.165, 1.54) is 0 Å². The van der Waals surface area contributed by atoms with Crippen molar-refractivity contribution in [2.24, 2.45) is 10.8 Å². The predicted molar refractivity (Wildman–Crippen MR) is 78.8 cm³/mol. The minimum absolute atomic E-state index is 0.0102. The molecule has 0 aliphatic heterocycles. The summed E-state index contributed by atoms with van der Waals surface area (Å²) in [5, 5.41) is 10.9. The topological polar surface area (TPSA) is 72.8 Å². The zero-order valence-corrected chi connectivity index (χ0v) is 13.3. The molecule has 22 heavy (non-hydrogen) atoms. The van der Waals surface area contributed by atoms with E-state index in [4.69, 9.17) is 9.47 Å². The first kappa shape index (κ1) is 15.5. The number of hydrogen-bond acceptors (Lipinski definition) is 5. The number of hydrogen-bond donors (Lipinski definition) is 1. The summed E-state index contributed by atoms with van der Waals surface area (Å²) in [6, 6.07) is 0. The Balaban J connectivity index is 1.74. The molecule has 2 atom stereocenters. The zero-order chi connectivity index (χ0) is 16.2. The fourth-order valence-corrected chi connectivity index (χ4v) is 6.09. The second kappa shape index (κ2) is 4.57. The molecule has 122 valence electrons. The van der Waals surface area contributed by atoms with Crippen LogP contribution in [0.5, 0.6) is 0 Å². The third-order valence-corrected chi connectivity index (χ3v) is 5.34. The third-order valence-electron chi connectivity index (χ3n) is 5.34. The van der Waals surface area contributed by atoms with E-state index in [1.54, 1.807) is 0 Å². The van der Waals surface area contributed by atoms with Crippen molar-refractivity contribution in [3.63, 3.8) is 0 Å². The quantitative estimate of drug-likeness (QED) is 0.636. The van der Waals surface area contributed by atoms with Crippen molar-refractivity contribution < 1.29 is 24.2 Å². The summed E-state index contributed by atoms with van der Waals surface area (Å²) in [6.45, 7) is 7.23. The molecule has 0 aromatic carbocycles. The first-order chi connectivity index (χ1) is 10.1. The van der Waals surface area contributed by atoms with Gasteiger partial charge < -0.3 is 14.6 Å². The van der Waals surface area contributed by atoms with E-state index in [0.29, 0.717) is 6.42 Å². The lowest BCUT2D eigenvalue weighted by molar-refractivity contribution is -0.261. The van der Waals surface area contributed by atoms with Crippen LogP contribution in [0.1, 0.15) is 52.4 Å². The Morgan fingerprint density at radius 2 is 1.68 bits per heavy atom. The van der Waals surface area contributed by atoms with E-state index in [2.05, 4.69) is 20.4 Å². The van der Waals surface area contributed by atoms with Gasteiger partial charge in [-0.25, -0.2) is 9.59 Å². The summed E-state index contributed by atoms with van der Waals surface area (Å²) in [6.07, 6.45) is 5.68. The summed E-state index contributed by atoms with van der Waals surface area (Å²) in [4.78, 5) is 23.1. The van der Waals surface area contributed by atoms with Crippen molar-refractivity contribution in [3.8, 4) is 0 Å². The second-order valence-corrected chi connectivity index (χ2v) is 8.38. The molecule has 0 spiro atoms. The molecule has 4 fully saturated rings. The van der Waals surface area contributed by atoms with Crippen molar-refractivity contribution in [1.82, 2.24) is 0 Å². The first-order valence-electron chi connectivity index (χ1n) is 7.83. The summed E-state index contributed by atoms with van der Waals surface area (Å²) < 4.78 is 10.5. The minimum atomic E-state index is -0.740. The van der Waals surface area contributed by atoms with Gasteiger partial charge in [0.2, 0.25) is 0 Å². The Morgan fingerprint density at radius 3 is 2.18 bits per heavy atom. The smallest absolute Gasteiger partial charge is 0.344 e. The number of aliphatic hydroxyl groups is 1. The standard InChI is InChI=1S/C17H24O5/c1-4-12(18)21-5-13(19)22-17-9-14(2)6-15(3,10-17)8-16(20,7-14)11-17/h4,20H,1,5-11H2,2-3H3. The number of ether oxygens (including phenoxy) is 2. The molecule has 5 heteroatoms. The van der Waals surface area contributed by atoms with Crippen LogP contribution in [0.25, 0.3) is 0 Å². The predicted octanol–water partition coefficient (Wildman–Crippen LogP) is 2.12. The van der Waals surface area contributed by atoms with Crippen LogP contribution in [-0.2, 0) is 19.1 Å². The molecular weight excluding hydrogens is 284 g/mol. The van der Waals surface area contributed by atoms with Crippen LogP contribution in [0.15, 0.2) is 12.7 Å². The Morgan fingerprint density at radius 1 is 1.09 bits per heavy atom. The van der Waals surface area contributed by atoms with E-state index in [-0.39, 0.29) is 10.8 Å². The molecule has 4 rings (SSSR count). The highest BCUT2D eigenvalue weighted by Crippen LogP contribution is 2.68. The number of rotatable bonds is 4. The van der Waals surface area contributed by atoms with Gasteiger partial charge in [0, 0.05) is 12.5 Å². The maximum absolute atomic E-state index is 12.0. The molecule has 4 bridgehead atoms. The Kier molecular flexibility index (Phi) is 3.23. The molecule has 2 unspecified atom stereocenters. The van der Waals surface area contributed by atoms with Crippen LogP contribution in [0.3, 0.4) is 0 Å². The van der Waals surface area contributed by atoms with Crippen molar-refractivity contribution in [2.45, 2.75) is 63.6 Å². The van der Waals surface area contributed by atoms with Crippen molar-refractivity contribution >= 4 is 11.9 Å². The van der Waals surface area contributed by atoms with Crippen molar-refractivity contribution in [3.05, 3.63) is 12.7 Å². The zero-order valence-electron chi connectivity index (χ0n) is 13.3. The maximum Gasteiger partial charge on any atom is 0.344 e. The highest BCUT2D eigenvalue weighted by Gasteiger charge is 2.66. The number of esters is 2. The number of carbonyl (C=O) groups excluding carboxylic acids is 2. The van der Waals surface area contributed by atoms with Crippen molar-refractivity contribution in [2.75, 3.05) is 6.61 Å². The van der Waals surface area contributed by atoms with Gasteiger partial charge in [0.1, 0.15) is 5.60 Å². The Labute approximate surface area is 130 Å². The molecule has 5 nitrogen and oxygen atoms in total. The molecule has 4 aliphatic carbocycles. The molecule has 4 saturated carbocycles.